The van der Waals surface area contributed by atoms with Crippen molar-refractivity contribution in [3.05, 3.63) is 113 Å². The molecule has 0 fully saturated rings. The lowest BCUT2D eigenvalue weighted by Gasteiger charge is -2.21. The third-order valence-corrected chi connectivity index (χ3v) is 9.13. The Morgan fingerprint density at radius 1 is 0.957 bits per heavy atom. The molecule has 1 aliphatic rings. The summed E-state index contributed by atoms with van der Waals surface area (Å²) in [5, 5.41) is 7.08. The number of anilines is 2. The van der Waals surface area contributed by atoms with Crippen LogP contribution in [0.1, 0.15) is 46.4 Å². The van der Waals surface area contributed by atoms with Gasteiger partial charge in [0, 0.05) is 74.2 Å². The molecule has 0 saturated heterocycles. The van der Waals surface area contributed by atoms with Crippen molar-refractivity contribution < 1.29 is 4.74 Å². The number of nitrogens with one attached hydrogen (secondary N) is 2. The van der Waals surface area contributed by atoms with E-state index in [0.717, 1.165) is 65.8 Å². The van der Waals surface area contributed by atoms with Gasteiger partial charge in [0.2, 0.25) is 5.88 Å². The number of likely N-dealkylation sites (N-methyl/N-ethyl adjacent to an activating group) is 1. The van der Waals surface area contributed by atoms with E-state index in [0.29, 0.717) is 12.4 Å². The number of nitrogens with zero attached hydrogens (tertiary/aromatic N) is 5. The first-order valence-electron chi connectivity index (χ1n) is 15.9. The number of pyridine rings is 2. The van der Waals surface area contributed by atoms with E-state index in [1.807, 2.05) is 18.3 Å². The van der Waals surface area contributed by atoms with Gasteiger partial charge in [0.25, 0.3) is 0 Å². The molecule has 8 heteroatoms. The molecule has 0 atom stereocenters. The van der Waals surface area contributed by atoms with Gasteiger partial charge in [-0.1, -0.05) is 43.8 Å². The predicted molar refractivity (Wildman–Crippen MR) is 188 cm³/mol. The van der Waals surface area contributed by atoms with E-state index in [-0.39, 0.29) is 0 Å². The number of aryl methyl sites for hydroxylation is 1. The molecule has 0 radical (unpaired) electrons. The molecule has 0 spiro atoms. The second kappa shape index (κ2) is 13.2. The summed E-state index contributed by atoms with van der Waals surface area (Å²) in [5.41, 5.74) is 14.5. The van der Waals surface area contributed by atoms with Crippen LogP contribution in [0.2, 0.25) is 0 Å². The van der Waals surface area contributed by atoms with E-state index in [1.165, 1.54) is 39.1 Å². The molecule has 236 valence electrons. The van der Waals surface area contributed by atoms with Gasteiger partial charge in [0.05, 0.1) is 24.2 Å². The minimum absolute atomic E-state index is 0.589. The third kappa shape index (κ3) is 6.13. The molecule has 8 nitrogen and oxygen atoms in total. The highest BCUT2D eigenvalue weighted by Gasteiger charge is 2.22. The van der Waals surface area contributed by atoms with Crippen molar-refractivity contribution in [1.29, 1.82) is 0 Å². The van der Waals surface area contributed by atoms with Gasteiger partial charge in [0.15, 0.2) is 5.82 Å². The van der Waals surface area contributed by atoms with Gasteiger partial charge in [-0.25, -0.2) is 9.97 Å². The highest BCUT2D eigenvalue weighted by molar-refractivity contribution is 5.84. The van der Waals surface area contributed by atoms with Crippen molar-refractivity contribution in [3.63, 3.8) is 0 Å². The van der Waals surface area contributed by atoms with Gasteiger partial charge in [-0.2, -0.15) is 0 Å². The molecule has 1 aliphatic heterocycles. The van der Waals surface area contributed by atoms with Gasteiger partial charge < -0.3 is 24.8 Å². The Hall–Kier alpha value is -4.95. The van der Waals surface area contributed by atoms with Crippen molar-refractivity contribution in [2.75, 3.05) is 31.3 Å². The maximum atomic E-state index is 5.26. The maximum absolute atomic E-state index is 5.26. The molecule has 0 amide bonds. The molecule has 0 bridgehead atoms. The summed E-state index contributed by atoms with van der Waals surface area (Å²) in [4.78, 5) is 16.4. The zero-order chi connectivity index (χ0) is 32.4. The van der Waals surface area contributed by atoms with Gasteiger partial charge in [-0.3, -0.25) is 4.98 Å². The van der Waals surface area contributed by atoms with Crippen LogP contribution in [0.4, 0.5) is 11.4 Å². The second-order valence-corrected chi connectivity index (χ2v) is 12.1. The zero-order valence-corrected chi connectivity index (χ0v) is 27.7. The molecular weight excluding hydrogens is 570 g/mol. The first kappa shape index (κ1) is 31.0. The Labute approximate surface area is 272 Å². The third-order valence-electron chi connectivity index (χ3n) is 9.13. The summed E-state index contributed by atoms with van der Waals surface area (Å²) in [7, 11) is 5.86. The Balaban J connectivity index is 1.25. The Morgan fingerprint density at radius 2 is 1.72 bits per heavy atom. The van der Waals surface area contributed by atoms with E-state index < -0.39 is 0 Å². The molecule has 2 aromatic carbocycles. The lowest BCUT2D eigenvalue weighted by Crippen LogP contribution is -2.27. The van der Waals surface area contributed by atoms with Crippen LogP contribution < -0.4 is 15.4 Å². The van der Waals surface area contributed by atoms with Gasteiger partial charge in [0.1, 0.15) is 0 Å². The van der Waals surface area contributed by atoms with Crippen LogP contribution in [0.15, 0.2) is 73.6 Å². The predicted octanol–water partition coefficient (Wildman–Crippen LogP) is 7.41. The minimum Gasteiger partial charge on any atom is -0.481 e. The summed E-state index contributed by atoms with van der Waals surface area (Å²) in [5.74, 6) is 1.48. The minimum atomic E-state index is 0.589. The molecule has 3 aromatic heterocycles. The highest BCUT2D eigenvalue weighted by atomic mass is 16.5. The van der Waals surface area contributed by atoms with Crippen molar-refractivity contribution in [2.24, 2.45) is 7.05 Å². The smallest absolute Gasteiger partial charge is 0.214 e. The standard InChI is InChI=1S/C38H43N7O/c1-8-27-19-34(41-22-28(27)21-40-29-15-17-39-37(20-29)46-7)32-13-9-11-30(24(32)2)31-12-10-14-33(25(31)3)42-26(4)38-43-35-23-44(5)18-16-36(35)45(38)6/h9-15,17,19-20,22,42H,4,8,16,18,21,23H2,1-3,5-7H3,(H,39,40). The Bertz CT molecular complexity index is 1910. The molecule has 2 N–H and O–H groups in total. The van der Waals surface area contributed by atoms with E-state index in [1.54, 1.807) is 13.3 Å². The zero-order valence-electron chi connectivity index (χ0n) is 27.7. The monoisotopic (exact) mass is 613 g/mol. The van der Waals surface area contributed by atoms with Crippen LogP contribution in [0.3, 0.4) is 0 Å². The first-order chi connectivity index (χ1) is 22.3. The van der Waals surface area contributed by atoms with Crippen molar-refractivity contribution in [3.8, 4) is 28.3 Å². The molecule has 0 unspecified atom stereocenters. The van der Waals surface area contributed by atoms with Crippen molar-refractivity contribution in [2.45, 2.75) is 46.7 Å². The van der Waals surface area contributed by atoms with Crippen LogP contribution in [0, 0.1) is 13.8 Å². The number of aromatic nitrogens is 4. The Kier molecular flexibility index (Phi) is 8.90. The molecule has 46 heavy (non-hydrogen) atoms. The number of fused-ring (bicyclic) bond motifs is 1. The number of imidazole rings is 1. The van der Waals surface area contributed by atoms with E-state index in [4.69, 9.17) is 14.7 Å². The van der Waals surface area contributed by atoms with Crippen molar-refractivity contribution in [1.82, 2.24) is 24.4 Å². The average molecular weight is 614 g/mol. The fraction of sp³-hybridized carbons (Fsp3) is 0.289. The summed E-state index contributed by atoms with van der Waals surface area (Å²) in [6.45, 7) is 13.5. The lowest BCUT2D eigenvalue weighted by molar-refractivity contribution is 0.305. The molecule has 4 heterocycles. The molecule has 0 saturated carbocycles. The van der Waals surface area contributed by atoms with Crippen molar-refractivity contribution >= 4 is 17.1 Å². The lowest BCUT2D eigenvalue weighted by atomic mass is 9.91. The maximum Gasteiger partial charge on any atom is 0.214 e. The summed E-state index contributed by atoms with van der Waals surface area (Å²) < 4.78 is 7.46. The highest BCUT2D eigenvalue weighted by Crippen LogP contribution is 2.36. The molecule has 5 aromatic rings. The van der Waals surface area contributed by atoms with E-state index in [2.05, 4.69) is 109 Å². The largest absolute Gasteiger partial charge is 0.481 e. The number of ether oxygens (including phenoxy) is 1. The fourth-order valence-corrected chi connectivity index (χ4v) is 6.40. The van der Waals surface area contributed by atoms with Crippen LogP contribution >= 0.6 is 0 Å². The number of methoxy groups -OCH3 is 1. The van der Waals surface area contributed by atoms with Crippen LogP contribution in [-0.2, 0) is 33.0 Å². The van der Waals surface area contributed by atoms with Crippen LogP contribution in [0.25, 0.3) is 28.1 Å². The number of benzene rings is 2. The fourth-order valence-electron chi connectivity index (χ4n) is 6.40. The van der Waals surface area contributed by atoms with Gasteiger partial charge in [-0.15, -0.1) is 0 Å². The molecular formula is C38H43N7O. The van der Waals surface area contributed by atoms with Crippen LogP contribution in [0.5, 0.6) is 5.88 Å². The van der Waals surface area contributed by atoms with E-state index >= 15 is 0 Å². The Morgan fingerprint density at radius 3 is 2.50 bits per heavy atom. The number of rotatable bonds is 10. The normalized spacial score (nSPS) is 12.9. The first-order valence-corrected chi connectivity index (χ1v) is 15.9. The molecule has 6 rings (SSSR count). The molecule has 0 aliphatic carbocycles. The summed E-state index contributed by atoms with van der Waals surface area (Å²) in [6, 6.07) is 19.0. The number of hydrogen-bond acceptors (Lipinski definition) is 7. The topological polar surface area (TPSA) is 80.1 Å². The SMILES string of the molecule is C=C(Nc1cccc(-c2cccc(-c3cc(CC)c(CNc4ccnc(OC)c4)cn3)c2C)c1C)c1nc2c(n1C)CCN(C)C2. The summed E-state index contributed by atoms with van der Waals surface area (Å²) >= 11 is 0. The van der Waals surface area contributed by atoms with E-state index in [9.17, 15) is 0 Å². The van der Waals surface area contributed by atoms with Crippen LogP contribution in [-0.4, -0.2) is 45.1 Å². The van der Waals surface area contributed by atoms with Gasteiger partial charge >= 0.3 is 0 Å². The average Bonchev–Trinajstić information content (AvgIpc) is 3.40. The number of hydrogen-bond donors (Lipinski definition) is 2. The quantitative estimate of drug-likeness (QED) is 0.170. The summed E-state index contributed by atoms with van der Waals surface area (Å²) in [6.07, 6.45) is 5.66. The second-order valence-electron chi connectivity index (χ2n) is 12.1. The van der Waals surface area contributed by atoms with Gasteiger partial charge in [-0.05, 0) is 78.9 Å².